The van der Waals surface area contributed by atoms with Gasteiger partial charge in [0.25, 0.3) is 0 Å². The minimum absolute atomic E-state index is 0.00133. The number of aromatic nitrogens is 4. The Labute approximate surface area is 321 Å². The zero-order valence-electron chi connectivity index (χ0n) is 31.6. The maximum atomic E-state index is 12.4. The van der Waals surface area contributed by atoms with Gasteiger partial charge in [0.15, 0.2) is 0 Å². The molecule has 0 saturated carbocycles. The van der Waals surface area contributed by atoms with Gasteiger partial charge >= 0.3 is 12.1 Å². The number of H-pyrrole nitrogens is 2. The van der Waals surface area contributed by atoms with Crippen LogP contribution in [0.3, 0.4) is 0 Å². The van der Waals surface area contributed by atoms with E-state index < -0.39 is 0 Å². The van der Waals surface area contributed by atoms with Crippen molar-refractivity contribution in [1.29, 1.82) is 0 Å². The quantitative estimate of drug-likeness (QED) is 0.112. The number of likely N-dealkylation sites (N-methyl/N-ethyl adjacent to an activating group) is 1. The van der Waals surface area contributed by atoms with Gasteiger partial charge in [0, 0.05) is 83.3 Å². The van der Waals surface area contributed by atoms with Crippen LogP contribution in [0.5, 0.6) is 0 Å². The highest BCUT2D eigenvalue weighted by Gasteiger charge is 2.26. The number of nitrogens with one attached hydrogen (secondary N) is 5. The number of piperidine rings is 1. The number of anilines is 2. The summed E-state index contributed by atoms with van der Waals surface area (Å²) >= 11 is 0. The Balaban J connectivity index is 0.000000155. The maximum Gasteiger partial charge on any atom is 0.321 e. The number of amides is 4. The monoisotopic (exact) mass is 733 g/mol. The third-order valence-electron chi connectivity index (χ3n) is 10.5. The van der Waals surface area contributed by atoms with Gasteiger partial charge in [-0.15, -0.1) is 0 Å². The summed E-state index contributed by atoms with van der Waals surface area (Å²) in [6, 6.07) is 32.6. The normalized spacial score (nSPS) is 14.2. The summed E-state index contributed by atoms with van der Waals surface area (Å²) in [6.07, 6.45) is 5.21. The summed E-state index contributed by atoms with van der Waals surface area (Å²) < 4.78 is 0. The Hall–Kier alpha value is -6.20. The van der Waals surface area contributed by atoms with Crippen LogP contribution < -0.4 is 16.0 Å². The molecule has 4 aromatic carbocycles. The van der Waals surface area contributed by atoms with E-state index in [2.05, 4.69) is 84.9 Å². The van der Waals surface area contributed by atoms with Gasteiger partial charge in [0.1, 0.15) is 0 Å². The number of nitrogens with zero attached hydrogens (tertiary/aromatic N) is 4. The molecular formula is C44H47N9O2. The Morgan fingerprint density at radius 1 is 0.691 bits per heavy atom. The summed E-state index contributed by atoms with van der Waals surface area (Å²) in [5.41, 5.74) is 15.5. The smallest absolute Gasteiger partial charge is 0.321 e. The number of hydrogen-bond acceptors (Lipinski definition) is 5. The van der Waals surface area contributed by atoms with Crippen molar-refractivity contribution in [3.05, 3.63) is 119 Å². The first-order valence-corrected chi connectivity index (χ1v) is 19.1. The number of hydrogen-bond donors (Lipinski definition) is 5. The molecule has 1 aliphatic heterocycles. The first kappa shape index (κ1) is 35.8. The molecule has 6 aromatic rings. The van der Waals surface area contributed by atoms with Crippen LogP contribution in [0.4, 0.5) is 21.0 Å². The predicted molar refractivity (Wildman–Crippen MR) is 219 cm³/mol. The van der Waals surface area contributed by atoms with E-state index in [0.717, 1.165) is 90.6 Å². The van der Waals surface area contributed by atoms with Gasteiger partial charge in [-0.05, 0) is 75.7 Å². The largest absolute Gasteiger partial charge is 0.334 e. The third kappa shape index (κ3) is 7.74. The van der Waals surface area contributed by atoms with Crippen LogP contribution in [-0.2, 0) is 12.8 Å². The van der Waals surface area contributed by atoms with Gasteiger partial charge in [0.05, 0.1) is 22.8 Å². The first-order valence-electron chi connectivity index (χ1n) is 19.1. The lowest BCUT2D eigenvalue weighted by molar-refractivity contribution is 0.200. The lowest BCUT2D eigenvalue weighted by atomic mass is 10.1. The molecule has 3 heterocycles. The highest BCUT2D eigenvalue weighted by molar-refractivity contribution is 5.91. The van der Waals surface area contributed by atoms with Crippen LogP contribution in [0.1, 0.15) is 48.4 Å². The van der Waals surface area contributed by atoms with Crippen LogP contribution in [0.15, 0.2) is 97.1 Å². The molecule has 1 fully saturated rings. The van der Waals surface area contributed by atoms with Gasteiger partial charge in [-0.3, -0.25) is 10.2 Å². The average Bonchev–Trinajstić information content (AvgIpc) is 3.97. The minimum atomic E-state index is -0.196. The lowest BCUT2D eigenvalue weighted by Gasteiger charge is -2.26. The molecule has 280 valence electrons. The van der Waals surface area contributed by atoms with E-state index in [1.54, 1.807) is 0 Å². The molecule has 1 atom stereocenters. The summed E-state index contributed by atoms with van der Waals surface area (Å²) in [5, 5.41) is 24.3. The van der Waals surface area contributed by atoms with Crippen molar-refractivity contribution in [2.45, 2.75) is 45.1 Å². The molecule has 0 spiro atoms. The lowest BCUT2D eigenvalue weighted by Crippen LogP contribution is -2.41. The van der Waals surface area contributed by atoms with Crippen LogP contribution in [-0.4, -0.2) is 82.0 Å². The molecule has 2 aliphatic carbocycles. The summed E-state index contributed by atoms with van der Waals surface area (Å²) in [4.78, 5) is 28.4. The van der Waals surface area contributed by atoms with Crippen LogP contribution in [0, 0.1) is 0 Å². The Bertz CT molecular complexity index is 2300. The molecule has 11 nitrogen and oxygen atoms in total. The molecule has 9 rings (SSSR count). The molecule has 5 N–H and O–H groups in total. The molecule has 1 saturated heterocycles. The zero-order chi connectivity index (χ0) is 37.9. The van der Waals surface area contributed by atoms with E-state index in [-0.39, 0.29) is 18.1 Å². The van der Waals surface area contributed by atoms with Crippen molar-refractivity contribution in [1.82, 2.24) is 35.5 Å². The average molecular weight is 734 g/mol. The number of rotatable bonds is 7. The molecule has 2 aromatic heterocycles. The fourth-order valence-corrected chi connectivity index (χ4v) is 7.92. The molecule has 55 heavy (non-hydrogen) atoms. The van der Waals surface area contributed by atoms with E-state index >= 15 is 0 Å². The number of carbonyl (C=O) groups is 2. The third-order valence-corrected chi connectivity index (χ3v) is 10.5. The Morgan fingerprint density at radius 3 is 1.69 bits per heavy atom. The maximum absolute atomic E-state index is 12.4. The second-order valence-electron chi connectivity index (χ2n) is 14.9. The van der Waals surface area contributed by atoms with Crippen molar-refractivity contribution in [3.63, 3.8) is 0 Å². The fourth-order valence-electron chi connectivity index (χ4n) is 7.92. The summed E-state index contributed by atoms with van der Waals surface area (Å²) in [5.74, 6) is 0. The molecule has 3 aliphatic rings. The van der Waals surface area contributed by atoms with Gasteiger partial charge < -0.3 is 25.8 Å². The van der Waals surface area contributed by atoms with Crippen molar-refractivity contribution in [3.8, 4) is 45.0 Å². The standard InChI is InChI=1S/C22H25N5O.C22H22N4O/c1-14(13-27(2)3)23-22(28)24-17-10-8-15(9-11-17)20-19-12-16-6-4-5-7-18(16)21(19)26-25-20;27-22(26-12-4-1-5-13-26)23-17-10-8-15(9-11-17)20-19-14-16-6-2-3-7-18(16)21(19)25-24-20/h4-11,14H,12-13H2,1-3H3,(H,25,26)(H2,23,24,28);2-3,6-11H,1,4-5,12-14H2,(H,23,27)(H,24,25). The van der Waals surface area contributed by atoms with E-state index in [4.69, 9.17) is 0 Å². The predicted octanol–water partition coefficient (Wildman–Crippen LogP) is 8.39. The van der Waals surface area contributed by atoms with Crippen molar-refractivity contribution < 1.29 is 9.59 Å². The van der Waals surface area contributed by atoms with E-state index in [1.807, 2.05) is 79.3 Å². The fraction of sp³-hybridized carbons (Fsp3) is 0.273. The van der Waals surface area contributed by atoms with Crippen molar-refractivity contribution >= 4 is 23.4 Å². The van der Waals surface area contributed by atoms with E-state index in [0.29, 0.717) is 0 Å². The van der Waals surface area contributed by atoms with E-state index in [9.17, 15) is 9.59 Å². The van der Waals surface area contributed by atoms with Gasteiger partial charge in [-0.1, -0.05) is 72.8 Å². The Morgan fingerprint density at radius 2 is 1.18 bits per heavy atom. The number of fused-ring (bicyclic) bond motifs is 6. The molecular weight excluding hydrogens is 687 g/mol. The molecule has 11 heteroatoms. The van der Waals surface area contributed by atoms with Crippen LogP contribution in [0.2, 0.25) is 0 Å². The molecule has 0 radical (unpaired) electrons. The molecule has 4 amide bonds. The van der Waals surface area contributed by atoms with Gasteiger partial charge in [-0.25, -0.2) is 9.59 Å². The number of aromatic amines is 2. The van der Waals surface area contributed by atoms with Crippen molar-refractivity contribution in [2.75, 3.05) is 44.4 Å². The zero-order valence-corrected chi connectivity index (χ0v) is 31.6. The summed E-state index contributed by atoms with van der Waals surface area (Å²) in [7, 11) is 3.97. The SMILES string of the molecule is CC(CN(C)C)NC(=O)Nc1ccc(-c2n[nH]c3c2Cc2ccccc2-3)cc1.O=C(Nc1ccc(-c2n[nH]c3c2Cc2ccccc2-3)cc1)N1CCCCC1. The van der Waals surface area contributed by atoms with Crippen LogP contribution >= 0.6 is 0 Å². The number of carbonyl (C=O) groups excluding carboxylic acids is 2. The van der Waals surface area contributed by atoms with Crippen LogP contribution in [0.25, 0.3) is 45.0 Å². The first-order chi connectivity index (χ1) is 26.8. The van der Waals surface area contributed by atoms with Gasteiger partial charge in [0.2, 0.25) is 0 Å². The molecule has 0 bridgehead atoms. The topological polar surface area (TPSA) is 134 Å². The highest BCUT2D eigenvalue weighted by atomic mass is 16.2. The number of urea groups is 2. The minimum Gasteiger partial charge on any atom is -0.334 e. The second-order valence-corrected chi connectivity index (χ2v) is 14.9. The molecule has 1 unspecified atom stereocenters. The van der Waals surface area contributed by atoms with E-state index in [1.165, 1.54) is 39.8 Å². The Kier molecular flexibility index (Phi) is 10.2. The summed E-state index contributed by atoms with van der Waals surface area (Å²) in [6.45, 7) is 4.48. The van der Waals surface area contributed by atoms with Crippen molar-refractivity contribution in [2.24, 2.45) is 0 Å². The number of benzene rings is 4. The van der Waals surface area contributed by atoms with Gasteiger partial charge in [-0.2, -0.15) is 10.2 Å². The highest BCUT2D eigenvalue weighted by Crippen LogP contribution is 2.41. The number of likely N-dealkylation sites (tertiary alicyclic amines) is 1. The second kappa shape index (κ2) is 15.6.